The maximum absolute atomic E-state index is 5.98. The molecule has 18 heavy (non-hydrogen) atoms. The van der Waals surface area contributed by atoms with E-state index in [1.807, 2.05) is 0 Å². The maximum atomic E-state index is 5.98. The number of aromatic nitrogens is 2. The molecule has 100 valence electrons. The highest BCUT2D eigenvalue weighted by atomic mass is 16.5. The Morgan fingerprint density at radius 2 is 1.83 bits per heavy atom. The highest BCUT2D eigenvalue weighted by Gasteiger charge is 2.46. The van der Waals surface area contributed by atoms with Gasteiger partial charge in [0.1, 0.15) is 0 Å². The molecule has 0 radical (unpaired) electrons. The summed E-state index contributed by atoms with van der Waals surface area (Å²) in [4.78, 5) is 8.49. The highest BCUT2D eigenvalue weighted by molar-refractivity contribution is 5.36. The van der Waals surface area contributed by atoms with Gasteiger partial charge in [0.25, 0.3) is 0 Å². The lowest BCUT2D eigenvalue weighted by Gasteiger charge is -2.50. The van der Waals surface area contributed by atoms with Crippen molar-refractivity contribution >= 4 is 5.95 Å². The normalized spacial score (nSPS) is 25.2. The predicted octanol–water partition coefficient (Wildman–Crippen LogP) is 1.03. The third-order valence-corrected chi connectivity index (χ3v) is 3.74. The molecule has 1 heterocycles. The lowest BCUT2D eigenvalue weighted by atomic mass is 9.63. The summed E-state index contributed by atoms with van der Waals surface area (Å²) in [5, 5.41) is 3.29. The molecule has 0 amide bonds. The maximum Gasteiger partial charge on any atom is 0.229 e. The zero-order valence-electron chi connectivity index (χ0n) is 11.2. The monoisotopic (exact) mass is 252 g/mol. The fraction of sp³-hybridized carbons (Fsp3) is 0.667. The molecule has 2 atom stereocenters. The fourth-order valence-corrected chi connectivity index (χ4v) is 2.04. The number of methoxy groups -OCH3 is 2. The van der Waals surface area contributed by atoms with Crippen LogP contribution in [0.2, 0.25) is 0 Å². The fourth-order valence-electron chi connectivity index (χ4n) is 2.04. The molecule has 1 aliphatic carbocycles. The van der Waals surface area contributed by atoms with Crippen LogP contribution in [0.5, 0.6) is 11.8 Å². The Morgan fingerprint density at radius 3 is 2.22 bits per heavy atom. The molecule has 0 aromatic carbocycles. The number of anilines is 1. The van der Waals surface area contributed by atoms with Crippen molar-refractivity contribution < 1.29 is 9.47 Å². The summed E-state index contributed by atoms with van der Waals surface area (Å²) >= 11 is 0. The van der Waals surface area contributed by atoms with Crippen LogP contribution < -0.4 is 20.5 Å². The minimum atomic E-state index is 0.0413. The van der Waals surface area contributed by atoms with E-state index in [1.165, 1.54) is 0 Å². The molecule has 1 aromatic heterocycles. The van der Waals surface area contributed by atoms with E-state index in [2.05, 4.69) is 29.1 Å². The summed E-state index contributed by atoms with van der Waals surface area (Å²) in [6, 6.07) is 2.12. The molecule has 2 rings (SSSR count). The second-order valence-electron chi connectivity index (χ2n) is 5.14. The Labute approximate surface area is 107 Å². The summed E-state index contributed by atoms with van der Waals surface area (Å²) in [7, 11) is 3.13. The number of rotatable bonds is 4. The van der Waals surface area contributed by atoms with E-state index in [-0.39, 0.29) is 17.5 Å². The van der Waals surface area contributed by atoms with Gasteiger partial charge in [-0.25, -0.2) is 0 Å². The highest BCUT2D eigenvalue weighted by Crippen LogP contribution is 2.40. The van der Waals surface area contributed by atoms with Crippen molar-refractivity contribution in [3.8, 4) is 11.8 Å². The molecule has 2 unspecified atom stereocenters. The molecule has 0 spiro atoms. The molecule has 6 heteroatoms. The minimum absolute atomic E-state index is 0.0413. The first kappa shape index (κ1) is 12.9. The number of hydrogen-bond donors (Lipinski definition) is 2. The van der Waals surface area contributed by atoms with Gasteiger partial charge >= 0.3 is 0 Å². The molecule has 1 fully saturated rings. The average molecular weight is 252 g/mol. The number of nitrogens with two attached hydrogens (primary N) is 1. The van der Waals surface area contributed by atoms with Crippen LogP contribution in [0.1, 0.15) is 20.3 Å². The molecule has 0 aliphatic heterocycles. The largest absolute Gasteiger partial charge is 0.481 e. The van der Waals surface area contributed by atoms with Crippen LogP contribution in [-0.2, 0) is 0 Å². The van der Waals surface area contributed by atoms with Gasteiger partial charge in [-0.05, 0) is 6.42 Å². The van der Waals surface area contributed by atoms with E-state index >= 15 is 0 Å². The molecule has 0 saturated heterocycles. The van der Waals surface area contributed by atoms with Crippen molar-refractivity contribution in [3.05, 3.63) is 6.07 Å². The van der Waals surface area contributed by atoms with Crippen molar-refractivity contribution in [1.29, 1.82) is 0 Å². The summed E-state index contributed by atoms with van der Waals surface area (Å²) in [5.41, 5.74) is 6.02. The van der Waals surface area contributed by atoms with Crippen LogP contribution in [0, 0.1) is 5.41 Å². The zero-order chi connectivity index (χ0) is 13.3. The predicted molar refractivity (Wildman–Crippen MR) is 68.9 cm³/mol. The summed E-state index contributed by atoms with van der Waals surface area (Å²) < 4.78 is 10.2. The first-order valence-electron chi connectivity index (χ1n) is 5.96. The van der Waals surface area contributed by atoms with E-state index < -0.39 is 0 Å². The van der Waals surface area contributed by atoms with Gasteiger partial charge in [0.15, 0.2) is 0 Å². The van der Waals surface area contributed by atoms with Crippen molar-refractivity contribution in [2.45, 2.75) is 32.4 Å². The van der Waals surface area contributed by atoms with Crippen LogP contribution in [-0.4, -0.2) is 36.3 Å². The first-order valence-corrected chi connectivity index (χ1v) is 5.96. The van der Waals surface area contributed by atoms with Crippen LogP contribution >= 0.6 is 0 Å². The lowest BCUT2D eigenvalue weighted by Crippen LogP contribution is -2.61. The molecule has 6 nitrogen and oxygen atoms in total. The van der Waals surface area contributed by atoms with Crippen LogP contribution in [0.4, 0.5) is 5.95 Å². The smallest absolute Gasteiger partial charge is 0.229 e. The second-order valence-corrected chi connectivity index (χ2v) is 5.14. The van der Waals surface area contributed by atoms with Gasteiger partial charge in [-0.2, -0.15) is 9.97 Å². The lowest BCUT2D eigenvalue weighted by molar-refractivity contribution is 0.116. The Balaban J connectivity index is 2.14. The van der Waals surface area contributed by atoms with Gasteiger partial charge in [-0.3, -0.25) is 0 Å². The van der Waals surface area contributed by atoms with E-state index in [4.69, 9.17) is 15.2 Å². The Morgan fingerprint density at radius 1 is 1.28 bits per heavy atom. The molecule has 1 saturated carbocycles. The van der Waals surface area contributed by atoms with Crippen molar-refractivity contribution in [2.24, 2.45) is 11.1 Å². The molecule has 3 N–H and O–H groups in total. The van der Waals surface area contributed by atoms with E-state index in [0.717, 1.165) is 6.42 Å². The van der Waals surface area contributed by atoms with E-state index in [1.54, 1.807) is 20.3 Å². The summed E-state index contributed by atoms with van der Waals surface area (Å²) in [6.07, 6.45) is 0.913. The van der Waals surface area contributed by atoms with Crippen molar-refractivity contribution in [3.63, 3.8) is 0 Å². The van der Waals surface area contributed by atoms with Crippen LogP contribution in [0.3, 0.4) is 0 Å². The summed E-state index contributed by atoms with van der Waals surface area (Å²) in [6.45, 7) is 4.27. The number of hydrogen-bond acceptors (Lipinski definition) is 6. The Kier molecular flexibility index (Phi) is 3.30. The molecular formula is C12H20N4O2. The van der Waals surface area contributed by atoms with Crippen molar-refractivity contribution in [2.75, 3.05) is 19.5 Å². The number of ether oxygens (including phenoxy) is 2. The third kappa shape index (κ3) is 2.20. The van der Waals surface area contributed by atoms with Gasteiger partial charge in [0, 0.05) is 17.5 Å². The van der Waals surface area contributed by atoms with E-state index in [9.17, 15) is 0 Å². The van der Waals surface area contributed by atoms with Gasteiger partial charge < -0.3 is 20.5 Å². The van der Waals surface area contributed by atoms with Crippen molar-refractivity contribution in [1.82, 2.24) is 9.97 Å². The molecular weight excluding hydrogens is 232 g/mol. The Hall–Kier alpha value is -1.56. The van der Waals surface area contributed by atoms with Crippen LogP contribution in [0.15, 0.2) is 6.07 Å². The quantitative estimate of drug-likeness (QED) is 0.833. The number of nitrogens with zero attached hydrogens (tertiary/aromatic N) is 2. The topological polar surface area (TPSA) is 82.3 Å². The van der Waals surface area contributed by atoms with Gasteiger partial charge in [0.05, 0.1) is 20.3 Å². The van der Waals surface area contributed by atoms with E-state index in [0.29, 0.717) is 17.7 Å². The SMILES string of the molecule is COc1cc(OC)nc(NC2CC(N)C2(C)C)n1. The zero-order valence-corrected chi connectivity index (χ0v) is 11.2. The standard InChI is InChI=1S/C12H20N4O2/c1-12(2)7(13)5-8(12)14-11-15-9(17-3)6-10(16-11)18-4/h6-8H,5,13H2,1-4H3,(H,14,15,16). The summed E-state index contributed by atoms with van der Waals surface area (Å²) in [5.74, 6) is 1.47. The second kappa shape index (κ2) is 4.61. The minimum Gasteiger partial charge on any atom is -0.481 e. The van der Waals surface area contributed by atoms with Gasteiger partial charge in [-0.1, -0.05) is 13.8 Å². The number of nitrogens with one attached hydrogen (secondary N) is 1. The van der Waals surface area contributed by atoms with Gasteiger partial charge in [-0.15, -0.1) is 0 Å². The molecule has 0 bridgehead atoms. The Bertz CT molecular complexity index is 414. The molecule has 1 aromatic rings. The average Bonchev–Trinajstić information content (AvgIpc) is 2.38. The first-order chi connectivity index (χ1) is 8.47. The van der Waals surface area contributed by atoms with Gasteiger partial charge in [0.2, 0.25) is 17.7 Å². The molecule has 1 aliphatic rings. The third-order valence-electron chi connectivity index (χ3n) is 3.74. The van der Waals surface area contributed by atoms with Crippen LogP contribution in [0.25, 0.3) is 0 Å².